The average Bonchev–Trinajstić information content (AvgIpc) is 2.81. The van der Waals surface area contributed by atoms with Crippen LogP contribution in [0.3, 0.4) is 0 Å². The van der Waals surface area contributed by atoms with Crippen molar-refractivity contribution in [3.63, 3.8) is 0 Å². The lowest BCUT2D eigenvalue weighted by atomic mass is 10.1. The molecule has 0 radical (unpaired) electrons. The number of hydrogen-bond donors (Lipinski definition) is 0. The summed E-state index contributed by atoms with van der Waals surface area (Å²) in [5, 5.41) is 0. The summed E-state index contributed by atoms with van der Waals surface area (Å²) < 4.78 is 4.48. The molecule has 0 unspecified atom stereocenters. The summed E-state index contributed by atoms with van der Waals surface area (Å²) in [6, 6.07) is 11.7. The Morgan fingerprint density at radius 1 is 0.850 bits per heavy atom. The van der Waals surface area contributed by atoms with Crippen LogP contribution in [0.2, 0.25) is 0 Å². The Morgan fingerprint density at radius 2 is 1.50 bits per heavy atom. The number of aryl methyl sites for hydroxylation is 2. The van der Waals surface area contributed by atoms with E-state index in [1.807, 2.05) is 48.0 Å². The minimum Gasteiger partial charge on any atom is -0.338 e. The highest BCUT2D eigenvalue weighted by molar-refractivity contribution is 5.83. The number of aromatic nitrogens is 3. The molecule has 102 valence electrons. The molecule has 5 nitrogen and oxygen atoms in total. The van der Waals surface area contributed by atoms with Crippen molar-refractivity contribution in [1.82, 2.24) is 13.7 Å². The number of hydrogen-bond acceptors (Lipinski definition) is 2. The molecule has 1 aromatic carbocycles. The van der Waals surface area contributed by atoms with Gasteiger partial charge >= 0.3 is 5.69 Å². The third kappa shape index (κ3) is 1.56. The first kappa shape index (κ1) is 12.5. The maximum atomic E-state index is 12.3. The van der Waals surface area contributed by atoms with Crippen LogP contribution in [0.1, 0.15) is 0 Å². The molecule has 5 heteroatoms. The monoisotopic (exact) mass is 269 g/mol. The van der Waals surface area contributed by atoms with Gasteiger partial charge in [0.15, 0.2) is 0 Å². The van der Waals surface area contributed by atoms with Gasteiger partial charge in [-0.2, -0.15) is 0 Å². The zero-order valence-electron chi connectivity index (χ0n) is 11.6. The maximum absolute atomic E-state index is 12.3. The minimum atomic E-state index is -0.312. The number of fused-ring (bicyclic) bond motifs is 1. The molecule has 0 N–H and O–H groups in total. The van der Waals surface area contributed by atoms with E-state index in [0.717, 1.165) is 15.8 Å². The van der Waals surface area contributed by atoms with E-state index in [1.54, 1.807) is 7.05 Å². The Kier molecular flexibility index (Phi) is 2.64. The summed E-state index contributed by atoms with van der Waals surface area (Å²) >= 11 is 0. The molecule has 0 fully saturated rings. The molecule has 3 rings (SSSR count). The molecular formula is C15H15N3O2. The van der Waals surface area contributed by atoms with Gasteiger partial charge in [-0.05, 0) is 11.6 Å². The molecule has 0 amide bonds. The van der Waals surface area contributed by atoms with Crippen molar-refractivity contribution in [2.24, 2.45) is 21.1 Å². The Morgan fingerprint density at radius 3 is 2.15 bits per heavy atom. The molecule has 0 aliphatic heterocycles. The molecule has 0 aliphatic rings. The van der Waals surface area contributed by atoms with Crippen molar-refractivity contribution in [2.45, 2.75) is 0 Å². The fourth-order valence-electron chi connectivity index (χ4n) is 2.56. The highest BCUT2D eigenvalue weighted by Gasteiger charge is 2.15. The fourth-order valence-corrected chi connectivity index (χ4v) is 2.56. The second-order valence-corrected chi connectivity index (χ2v) is 4.89. The average molecular weight is 269 g/mol. The summed E-state index contributed by atoms with van der Waals surface area (Å²) in [7, 11) is 5.02. The minimum absolute atomic E-state index is 0.271. The van der Waals surface area contributed by atoms with Crippen molar-refractivity contribution in [3.8, 4) is 11.3 Å². The van der Waals surface area contributed by atoms with Crippen LogP contribution < -0.4 is 11.2 Å². The van der Waals surface area contributed by atoms with Crippen molar-refractivity contribution >= 4 is 11.0 Å². The SMILES string of the molecule is Cn1c(=O)c2c(cc(-c3ccccc3)n2C)n(C)c1=O. The van der Waals surface area contributed by atoms with Gasteiger partial charge in [0.2, 0.25) is 0 Å². The molecule has 20 heavy (non-hydrogen) atoms. The molecular weight excluding hydrogens is 254 g/mol. The van der Waals surface area contributed by atoms with Gasteiger partial charge in [0.05, 0.1) is 11.2 Å². The first-order valence-corrected chi connectivity index (χ1v) is 6.33. The van der Waals surface area contributed by atoms with E-state index in [4.69, 9.17) is 0 Å². The van der Waals surface area contributed by atoms with Crippen LogP contribution >= 0.6 is 0 Å². The van der Waals surface area contributed by atoms with Crippen LogP contribution in [0.15, 0.2) is 46.0 Å². The van der Waals surface area contributed by atoms with Gasteiger partial charge in [-0.15, -0.1) is 0 Å². The fraction of sp³-hybridized carbons (Fsp3) is 0.200. The van der Waals surface area contributed by atoms with E-state index in [-0.39, 0.29) is 11.2 Å². The largest absolute Gasteiger partial charge is 0.338 e. The quantitative estimate of drug-likeness (QED) is 0.667. The lowest BCUT2D eigenvalue weighted by molar-refractivity contribution is 0.708. The van der Waals surface area contributed by atoms with E-state index < -0.39 is 0 Å². The predicted octanol–water partition coefficient (Wildman–Crippen LogP) is 1.24. The normalized spacial score (nSPS) is 11.2. The van der Waals surface area contributed by atoms with Crippen LogP contribution in [0.5, 0.6) is 0 Å². The van der Waals surface area contributed by atoms with Gasteiger partial charge < -0.3 is 4.57 Å². The van der Waals surface area contributed by atoms with Gasteiger partial charge in [-0.1, -0.05) is 30.3 Å². The molecule has 2 aromatic heterocycles. The highest BCUT2D eigenvalue weighted by Crippen LogP contribution is 2.24. The summed E-state index contributed by atoms with van der Waals surface area (Å²) in [6.07, 6.45) is 0. The lowest BCUT2D eigenvalue weighted by Gasteiger charge is -2.05. The second kappa shape index (κ2) is 4.23. The summed E-state index contributed by atoms with van der Waals surface area (Å²) in [5.74, 6) is 0. The van der Waals surface area contributed by atoms with Gasteiger partial charge in [-0.25, -0.2) is 4.79 Å². The van der Waals surface area contributed by atoms with Crippen LogP contribution in [0.25, 0.3) is 22.3 Å². The van der Waals surface area contributed by atoms with Crippen LogP contribution in [-0.2, 0) is 21.1 Å². The smallest absolute Gasteiger partial charge is 0.331 e. The molecule has 0 saturated heterocycles. The zero-order valence-corrected chi connectivity index (χ0v) is 11.6. The van der Waals surface area contributed by atoms with Crippen molar-refractivity contribution in [1.29, 1.82) is 0 Å². The van der Waals surface area contributed by atoms with Gasteiger partial charge in [0.25, 0.3) is 5.56 Å². The standard InChI is InChI=1S/C15H15N3O2/c1-16-11(10-7-5-4-6-8-10)9-12-13(16)14(19)18(3)15(20)17(12)2/h4-9H,1-3H3. The molecule has 0 aliphatic carbocycles. The van der Waals surface area contributed by atoms with Gasteiger partial charge in [0, 0.05) is 21.1 Å². The molecule has 0 atom stereocenters. The highest BCUT2D eigenvalue weighted by atomic mass is 16.2. The van der Waals surface area contributed by atoms with E-state index in [9.17, 15) is 9.59 Å². The third-order valence-corrected chi connectivity index (χ3v) is 3.72. The van der Waals surface area contributed by atoms with E-state index in [2.05, 4.69) is 0 Å². The second-order valence-electron chi connectivity index (χ2n) is 4.89. The third-order valence-electron chi connectivity index (χ3n) is 3.72. The Bertz CT molecular complexity index is 914. The van der Waals surface area contributed by atoms with Crippen LogP contribution in [0.4, 0.5) is 0 Å². The van der Waals surface area contributed by atoms with Crippen molar-refractivity contribution in [2.75, 3.05) is 0 Å². The van der Waals surface area contributed by atoms with Crippen LogP contribution in [0, 0.1) is 0 Å². The van der Waals surface area contributed by atoms with Crippen molar-refractivity contribution in [3.05, 3.63) is 57.2 Å². The zero-order chi connectivity index (χ0) is 14.4. The Labute approximate surface area is 115 Å². The van der Waals surface area contributed by atoms with Crippen molar-refractivity contribution < 1.29 is 0 Å². The first-order chi connectivity index (χ1) is 9.52. The number of rotatable bonds is 1. The molecule has 0 spiro atoms. The number of nitrogens with zero attached hydrogens (tertiary/aromatic N) is 3. The number of benzene rings is 1. The molecule has 0 saturated carbocycles. The molecule has 3 aromatic rings. The predicted molar refractivity (Wildman–Crippen MR) is 78.8 cm³/mol. The van der Waals surface area contributed by atoms with E-state index in [0.29, 0.717) is 11.0 Å². The summed E-state index contributed by atoms with van der Waals surface area (Å²) in [5.41, 5.74) is 2.54. The molecule has 0 bridgehead atoms. The van der Waals surface area contributed by atoms with Crippen LogP contribution in [-0.4, -0.2) is 13.7 Å². The maximum Gasteiger partial charge on any atom is 0.331 e. The van der Waals surface area contributed by atoms with E-state index >= 15 is 0 Å². The van der Waals surface area contributed by atoms with Gasteiger partial charge in [-0.3, -0.25) is 13.9 Å². The van der Waals surface area contributed by atoms with E-state index in [1.165, 1.54) is 11.6 Å². The lowest BCUT2D eigenvalue weighted by Crippen LogP contribution is -2.37. The Balaban J connectivity index is 2.49. The summed E-state index contributed by atoms with van der Waals surface area (Å²) in [4.78, 5) is 24.3. The molecule has 2 heterocycles. The Hall–Kier alpha value is -2.56. The summed E-state index contributed by atoms with van der Waals surface area (Å²) in [6.45, 7) is 0. The van der Waals surface area contributed by atoms with Gasteiger partial charge in [0.1, 0.15) is 5.52 Å². The first-order valence-electron chi connectivity index (χ1n) is 6.33. The topological polar surface area (TPSA) is 48.9 Å².